The van der Waals surface area contributed by atoms with Crippen molar-refractivity contribution in [2.75, 3.05) is 5.73 Å². The standard InChI is InChI=1S/C11H19N3/c1-7(2)8-6-9(12)14-10(13-8)11(3,4)5/h6-7H,1-5H3,(H2,12,13,14). The van der Waals surface area contributed by atoms with Gasteiger partial charge in [0.1, 0.15) is 11.6 Å². The van der Waals surface area contributed by atoms with Gasteiger partial charge in [-0.1, -0.05) is 34.6 Å². The Morgan fingerprint density at radius 3 is 2.21 bits per heavy atom. The number of rotatable bonds is 1. The molecular formula is C11H19N3. The Morgan fingerprint density at radius 1 is 1.21 bits per heavy atom. The molecule has 0 atom stereocenters. The molecule has 0 saturated heterocycles. The zero-order chi connectivity index (χ0) is 10.9. The molecule has 2 N–H and O–H groups in total. The van der Waals surface area contributed by atoms with E-state index >= 15 is 0 Å². The molecule has 0 spiro atoms. The highest BCUT2D eigenvalue weighted by Crippen LogP contribution is 2.22. The van der Waals surface area contributed by atoms with Crippen molar-refractivity contribution in [3.63, 3.8) is 0 Å². The maximum absolute atomic E-state index is 5.74. The second-order valence-electron chi connectivity index (χ2n) is 4.95. The van der Waals surface area contributed by atoms with Crippen LogP contribution in [0.4, 0.5) is 5.82 Å². The Kier molecular flexibility index (Phi) is 2.79. The average molecular weight is 193 g/mol. The summed E-state index contributed by atoms with van der Waals surface area (Å²) in [6.07, 6.45) is 0. The van der Waals surface area contributed by atoms with Crippen molar-refractivity contribution in [2.24, 2.45) is 0 Å². The van der Waals surface area contributed by atoms with Gasteiger partial charge in [0.15, 0.2) is 0 Å². The van der Waals surface area contributed by atoms with Crippen LogP contribution in [0.15, 0.2) is 6.07 Å². The number of anilines is 1. The van der Waals surface area contributed by atoms with Crippen LogP contribution in [0.25, 0.3) is 0 Å². The largest absolute Gasteiger partial charge is 0.384 e. The molecule has 0 aliphatic rings. The van der Waals surface area contributed by atoms with E-state index < -0.39 is 0 Å². The lowest BCUT2D eigenvalue weighted by Gasteiger charge is -2.18. The molecule has 1 heterocycles. The fraction of sp³-hybridized carbons (Fsp3) is 0.636. The highest BCUT2D eigenvalue weighted by molar-refractivity contribution is 5.32. The summed E-state index contributed by atoms with van der Waals surface area (Å²) >= 11 is 0. The first kappa shape index (κ1) is 11.0. The van der Waals surface area contributed by atoms with Gasteiger partial charge in [0.05, 0.1) is 0 Å². The van der Waals surface area contributed by atoms with Crippen molar-refractivity contribution >= 4 is 5.82 Å². The summed E-state index contributed by atoms with van der Waals surface area (Å²) in [5.74, 6) is 1.77. The van der Waals surface area contributed by atoms with Crippen LogP contribution in [-0.2, 0) is 5.41 Å². The van der Waals surface area contributed by atoms with Crippen LogP contribution >= 0.6 is 0 Å². The number of nitrogen functional groups attached to an aromatic ring is 1. The quantitative estimate of drug-likeness (QED) is 0.745. The molecule has 0 aliphatic carbocycles. The van der Waals surface area contributed by atoms with Gasteiger partial charge in [-0.05, 0) is 5.92 Å². The molecule has 14 heavy (non-hydrogen) atoms. The zero-order valence-electron chi connectivity index (χ0n) is 9.63. The van der Waals surface area contributed by atoms with Crippen molar-refractivity contribution in [3.05, 3.63) is 17.6 Å². The van der Waals surface area contributed by atoms with Gasteiger partial charge < -0.3 is 5.73 Å². The fourth-order valence-electron chi connectivity index (χ4n) is 1.12. The van der Waals surface area contributed by atoms with Crippen molar-refractivity contribution < 1.29 is 0 Å². The minimum Gasteiger partial charge on any atom is -0.384 e. The van der Waals surface area contributed by atoms with Crippen LogP contribution in [0.3, 0.4) is 0 Å². The summed E-state index contributed by atoms with van der Waals surface area (Å²) in [6.45, 7) is 10.5. The minimum absolute atomic E-state index is 0.0426. The first-order chi connectivity index (χ1) is 6.30. The second kappa shape index (κ2) is 3.56. The molecule has 0 bridgehead atoms. The SMILES string of the molecule is CC(C)c1cc(N)nc(C(C)(C)C)n1. The first-order valence-corrected chi connectivity index (χ1v) is 4.95. The van der Waals surface area contributed by atoms with Gasteiger partial charge >= 0.3 is 0 Å². The van der Waals surface area contributed by atoms with E-state index in [-0.39, 0.29) is 5.41 Å². The van der Waals surface area contributed by atoms with Crippen LogP contribution in [-0.4, -0.2) is 9.97 Å². The summed E-state index contributed by atoms with van der Waals surface area (Å²) in [5, 5.41) is 0. The van der Waals surface area contributed by atoms with E-state index in [1.54, 1.807) is 0 Å². The number of nitrogens with two attached hydrogens (primary N) is 1. The molecule has 3 nitrogen and oxygen atoms in total. The molecule has 0 aliphatic heterocycles. The van der Waals surface area contributed by atoms with E-state index in [0.717, 1.165) is 11.5 Å². The predicted octanol–water partition coefficient (Wildman–Crippen LogP) is 2.48. The van der Waals surface area contributed by atoms with E-state index in [2.05, 4.69) is 44.6 Å². The molecule has 0 fully saturated rings. The Morgan fingerprint density at radius 2 is 1.79 bits per heavy atom. The van der Waals surface area contributed by atoms with Gasteiger partial charge in [-0.15, -0.1) is 0 Å². The first-order valence-electron chi connectivity index (χ1n) is 4.95. The molecule has 78 valence electrons. The van der Waals surface area contributed by atoms with Crippen LogP contribution in [0.2, 0.25) is 0 Å². The Hall–Kier alpha value is -1.12. The number of hydrogen-bond acceptors (Lipinski definition) is 3. The molecule has 3 heteroatoms. The van der Waals surface area contributed by atoms with E-state index in [9.17, 15) is 0 Å². The van der Waals surface area contributed by atoms with Gasteiger partial charge in [0, 0.05) is 17.2 Å². The third-order valence-electron chi connectivity index (χ3n) is 2.03. The highest BCUT2D eigenvalue weighted by Gasteiger charge is 2.19. The topological polar surface area (TPSA) is 51.8 Å². The molecule has 1 aromatic rings. The van der Waals surface area contributed by atoms with E-state index in [0.29, 0.717) is 11.7 Å². The van der Waals surface area contributed by atoms with Gasteiger partial charge in [-0.2, -0.15) is 0 Å². The zero-order valence-corrected chi connectivity index (χ0v) is 9.63. The Labute approximate surface area is 85.8 Å². The number of nitrogens with zero attached hydrogens (tertiary/aromatic N) is 2. The Bertz CT molecular complexity index is 324. The van der Waals surface area contributed by atoms with E-state index in [1.807, 2.05) is 6.07 Å². The number of aromatic nitrogens is 2. The smallest absolute Gasteiger partial charge is 0.136 e. The summed E-state index contributed by atoms with van der Waals surface area (Å²) in [6, 6.07) is 1.85. The van der Waals surface area contributed by atoms with Crippen molar-refractivity contribution in [1.82, 2.24) is 9.97 Å². The van der Waals surface area contributed by atoms with Gasteiger partial charge in [0.2, 0.25) is 0 Å². The van der Waals surface area contributed by atoms with Crippen LogP contribution < -0.4 is 5.73 Å². The van der Waals surface area contributed by atoms with Crippen molar-refractivity contribution in [3.8, 4) is 0 Å². The predicted molar refractivity (Wildman–Crippen MR) is 59.2 cm³/mol. The summed E-state index contributed by atoms with van der Waals surface area (Å²) < 4.78 is 0. The van der Waals surface area contributed by atoms with Crippen molar-refractivity contribution in [1.29, 1.82) is 0 Å². The minimum atomic E-state index is -0.0426. The molecule has 0 saturated carbocycles. The lowest BCUT2D eigenvalue weighted by atomic mass is 9.95. The molecule has 0 unspecified atom stereocenters. The van der Waals surface area contributed by atoms with Gasteiger partial charge in [-0.3, -0.25) is 0 Å². The Balaban J connectivity index is 3.21. The van der Waals surface area contributed by atoms with Crippen LogP contribution in [0.5, 0.6) is 0 Å². The van der Waals surface area contributed by atoms with E-state index in [1.165, 1.54) is 0 Å². The maximum atomic E-state index is 5.74. The normalized spacial score (nSPS) is 12.1. The average Bonchev–Trinajstić information content (AvgIpc) is 2.01. The number of hydrogen-bond donors (Lipinski definition) is 1. The van der Waals surface area contributed by atoms with Crippen molar-refractivity contribution in [2.45, 2.75) is 46.0 Å². The maximum Gasteiger partial charge on any atom is 0.136 e. The highest BCUT2D eigenvalue weighted by atomic mass is 15.0. The molecule has 0 amide bonds. The van der Waals surface area contributed by atoms with Gasteiger partial charge in [-0.25, -0.2) is 9.97 Å². The molecular weight excluding hydrogens is 174 g/mol. The molecule has 1 aromatic heterocycles. The monoisotopic (exact) mass is 193 g/mol. The summed E-state index contributed by atoms with van der Waals surface area (Å²) in [5.41, 5.74) is 6.72. The molecule has 0 aromatic carbocycles. The fourth-order valence-corrected chi connectivity index (χ4v) is 1.12. The lowest BCUT2D eigenvalue weighted by Crippen LogP contribution is -2.18. The van der Waals surface area contributed by atoms with Crippen LogP contribution in [0.1, 0.15) is 52.1 Å². The second-order valence-corrected chi connectivity index (χ2v) is 4.95. The summed E-state index contributed by atoms with van der Waals surface area (Å²) in [4.78, 5) is 8.77. The summed E-state index contributed by atoms with van der Waals surface area (Å²) in [7, 11) is 0. The lowest BCUT2D eigenvalue weighted by molar-refractivity contribution is 0.540. The molecule has 1 rings (SSSR count). The van der Waals surface area contributed by atoms with Gasteiger partial charge in [0.25, 0.3) is 0 Å². The third kappa shape index (κ3) is 2.44. The van der Waals surface area contributed by atoms with E-state index in [4.69, 9.17) is 5.73 Å². The molecule has 0 radical (unpaired) electrons. The third-order valence-corrected chi connectivity index (χ3v) is 2.03. The van der Waals surface area contributed by atoms with Crippen LogP contribution in [0, 0.1) is 0 Å².